The molecule has 0 unspecified atom stereocenters. The zero-order valence-corrected chi connectivity index (χ0v) is 22.6. The first-order chi connectivity index (χ1) is 17.1. The summed E-state index contributed by atoms with van der Waals surface area (Å²) >= 11 is 16.3. The Hall–Kier alpha value is -2.42. The molecule has 7 nitrogen and oxygen atoms in total. The quantitative estimate of drug-likeness (QED) is 0.304. The summed E-state index contributed by atoms with van der Waals surface area (Å²) in [7, 11) is 0. The predicted molar refractivity (Wildman–Crippen MR) is 139 cm³/mol. The number of nitrogens with one attached hydrogen (secondary N) is 1. The summed E-state index contributed by atoms with van der Waals surface area (Å²) in [5.41, 5.74) is 3.13. The number of rotatable bonds is 5. The Balaban J connectivity index is 1.21. The van der Waals surface area contributed by atoms with E-state index in [0.717, 1.165) is 15.6 Å². The van der Waals surface area contributed by atoms with Gasteiger partial charge in [0.05, 0.1) is 33.8 Å². The number of hydrogen-bond acceptors (Lipinski definition) is 5. The van der Waals surface area contributed by atoms with Gasteiger partial charge in [-0.25, -0.2) is 4.79 Å². The fourth-order valence-electron chi connectivity index (χ4n) is 5.67. The third kappa shape index (κ3) is 4.03. The van der Waals surface area contributed by atoms with Crippen LogP contribution in [-0.4, -0.2) is 41.1 Å². The van der Waals surface area contributed by atoms with Crippen LogP contribution in [0, 0.1) is 37.5 Å². The average molecular weight is 594 g/mol. The van der Waals surface area contributed by atoms with Gasteiger partial charge in [0.15, 0.2) is 6.61 Å². The second-order valence-corrected chi connectivity index (χ2v) is 11.4. The van der Waals surface area contributed by atoms with Gasteiger partial charge in [-0.15, -0.1) is 23.2 Å². The third-order valence-corrected chi connectivity index (χ3v) is 9.86. The van der Waals surface area contributed by atoms with Crippen LogP contribution in [0.15, 0.2) is 40.9 Å². The first kappa shape index (κ1) is 25.2. The van der Waals surface area contributed by atoms with Gasteiger partial charge in [-0.05, 0) is 79.6 Å². The van der Waals surface area contributed by atoms with Crippen LogP contribution in [0.1, 0.15) is 27.9 Å². The molecular formula is C26H23BrCl2N2O5. The topological polar surface area (TPSA) is 92.8 Å². The Kier molecular flexibility index (Phi) is 6.64. The summed E-state index contributed by atoms with van der Waals surface area (Å²) in [5, 5.41) is 2.10. The molecule has 1 N–H and O–H groups in total. The van der Waals surface area contributed by atoms with E-state index in [1.807, 2.05) is 19.9 Å². The molecule has 188 valence electrons. The minimum Gasteiger partial charge on any atom is -0.452 e. The number of carbonyl (C=O) groups is 4. The fraction of sp³-hybridized carbons (Fsp3) is 0.385. The van der Waals surface area contributed by atoms with Crippen LogP contribution < -0.4 is 10.2 Å². The maximum absolute atomic E-state index is 13.1. The van der Waals surface area contributed by atoms with Crippen LogP contribution in [-0.2, 0) is 19.1 Å². The van der Waals surface area contributed by atoms with E-state index in [1.165, 1.54) is 29.2 Å². The van der Waals surface area contributed by atoms with Gasteiger partial charge >= 0.3 is 5.97 Å². The van der Waals surface area contributed by atoms with Crippen LogP contribution >= 0.6 is 39.1 Å². The van der Waals surface area contributed by atoms with Gasteiger partial charge in [0.2, 0.25) is 11.8 Å². The molecule has 5 rings (SSSR count). The van der Waals surface area contributed by atoms with E-state index in [-0.39, 0.29) is 40.0 Å². The van der Waals surface area contributed by atoms with Crippen molar-refractivity contribution in [2.75, 3.05) is 16.8 Å². The number of carbonyl (C=O) groups excluding carboxylic acids is 4. The molecule has 3 aliphatic rings. The third-order valence-electron chi connectivity index (χ3n) is 7.68. The fourth-order valence-corrected chi connectivity index (χ4v) is 7.00. The number of imide groups is 1. The Morgan fingerprint density at radius 3 is 2.14 bits per heavy atom. The van der Waals surface area contributed by atoms with Crippen molar-refractivity contribution in [2.45, 2.75) is 31.0 Å². The Morgan fingerprint density at radius 2 is 1.56 bits per heavy atom. The maximum atomic E-state index is 13.1. The van der Waals surface area contributed by atoms with Gasteiger partial charge in [0.25, 0.3) is 5.91 Å². The van der Waals surface area contributed by atoms with Gasteiger partial charge in [-0.1, -0.05) is 15.9 Å². The summed E-state index contributed by atoms with van der Waals surface area (Å²) in [4.78, 5) is 52.2. The highest BCUT2D eigenvalue weighted by Gasteiger charge is 2.66. The number of hydrogen-bond donors (Lipinski definition) is 1. The summed E-state index contributed by atoms with van der Waals surface area (Å²) in [6.07, 6.45) is 0.697. The molecule has 0 aromatic heterocycles. The van der Waals surface area contributed by atoms with Crippen molar-refractivity contribution in [3.63, 3.8) is 0 Å². The molecule has 1 aliphatic heterocycles. The van der Waals surface area contributed by atoms with Crippen molar-refractivity contribution < 1.29 is 23.9 Å². The number of anilines is 2. The van der Waals surface area contributed by atoms with Crippen molar-refractivity contribution in [3.05, 3.63) is 57.6 Å². The van der Waals surface area contributed by atoms with E-state index >= 15 is 0 Å². The summed E-state index contributed by atoms with van der Waals surface area (Å²) in [5.74, 6) is -2.77. The molecule has 2 aromatic carbocycles. The largest absolute Gasteiger partial charge is 0.452 e. The lowest BCUT2D eigenvalue weighted by Crippen LogP contribution is -2.37. The number of halogens is 3. The molecule has 3 fully saturated rings. The minimum absolute atomic E-state index is 0.101. The first-order valence-electron chi connectivity index (χ1n) is 11.6. The first-order valence-corrected chi connectivity index (χ1v) is 13.3. The van der Waals surface area contributed by atoms with Crippen LogP contribution in [0.4, 0.5) is 11.4 Å². The molecule has 2 bridgehead atoms. The second-order valence-electron chi connectivity index (χ2n) is 9.53. The molecule has 2 aromatic rings. The van der Waals surface area contributed by atoms with Crippen molar-refractivity contribution >= 4 is 74.2 Å². The van der Waals surface area contributed by atoms with E-state index in [2.05, 4.69) is 21.2 Å². The highest BCUT2D eigenvalue weighted by atomic mass is 79.9. The number of alkyl halides is 2. The molecule has 0 radical (unpaired) electrons. The standard InChI is InChI=1S/C26H23BrCl2N2O5/c1-11-12(2)18(8-7-17(11)27)30-19(32)10-36-26(35)13-3-5-14(6-4-13)31-24(33)20-15-9-16(21(20)25(31)34)23(29)22(15)28/h3-8,15-16,20-23H,9-10H2,1-2H3,(H,30,32)/t15-,16-,20-,21-,22-,23+/m1/s1. The van der Waals surface area contributed by atoms with Gasteiger partial charge in [0.1, 0.15) is 0 Å². The zero-order valence-electron chi connectivity index (χ0n) is 19.5. The average Bonchev–Trinajstić information content (AvgIpc) is 3.48. The van der Waals surface area contributed by atoms with E-state index in [1.54, 1.807) is 6.07 Å². The molecule has 1 heterocycles. The lowest BCUT2D eigenvalue weighted by molar-refractivity contribution is -0.123. The van der Waals surface area contributed by atoms with E-state index < -0.39 is 30.3 Å². The molecule has 6 atom stereocenters. The number of amides is 3. The van der Waals surface area contributed by atoms with Crippen molar-refractivity contribution in [3.8, 4) is 0 Å². The number of nitrogens with zero attached hydrogens (tertiary/aromatic N) is 1. The number of ether oxygens (including phenoxy) is 1. The monoisotopic (exact) mass is 592 g/mol. The van der Waals surface area contributed by atoms with Crippen LogP contribution in [0.2, 0.25) is 0 Å². The lowest BCUT2D eigenvalue weighted by atomic mass is 9.80. The second kappa shape index (κ2) is 9.47. The van der Waals surface area contributed by atoms with Crippen LogP contribution in [0.5, 0.6) is 0 Å². The van der Waals surface area contributed by atoms with Crippen molar-refractivity contribution in [2.24, 2.45) is 23.7 Å². The highest BCUT2D eigenvalue weighted by Crippen LogP contribution is 2.59. The normalized spacial score (nSPS) is 28.4. The summed E-state index contributed by atoms with van der Waals surface area (Å²) in [6.45, 7) is 3.37. The highest BCUT2D eigenvalue weighted by molar-refractivity contribution is 9.10. The zero-order chi connectivity index (χ0) is 25.9. The molecule has 1 saturated heterocycles. The smallest absolute Gasteiger partial charge is 0.338 e. The molecule has 2 saturated carbocycles. The summed E-state index contributed by atoms with van der Waals surface area (Å²) < 4.78 is 6.08. The van der Waals surface area contributed by atoms with Gasteiger partial charge in [0, 0.05) is 10.2 Å². The van der Waals surface area contributed by atoms with Crippen molar-refractivity contribution in [1.29, 1.82) is 0 Å². The molecule has 36 heavy (non-hydrogen) atoms. The lowest BCUT2D eigenvalue weighted by Gasteiger charge is -2.28. The number of esters is 1. The Morgan fingerprint density at radius 1 is 0.972 bits per heavy atom. The van der Waals surface area contributed by atoms with E-state index in [4.69, 9.17) is 27.9 Å². The van der Waals surface area contributed by atoms with Crippen molar-refractivity contribution in [1.82, 2.24) is 0 Å². The number of benzene rings is 2. The molecule has 2 aliphatic carbocycles. The molecule has 0 spiro atoms. The van der Waals surface area contributed by atoms with Crippen LogP contribution in [0.25, 0.3) is 0 Å². The minimum atomic E-state index is -0.690. The van der Waals surface area contributed by atoms with E-state index in [0.29, 0.717) is 17.8 Å². The van der Waals surface area contributed by atoms with Gasteiger partial charge < -0.3 is 10.1 Å². The Labute approximate surface area is 226 Å². The van der Waals surface area contributed by atoms with Gasteiger partial charge in [-0.2, -0.15) is 0 Å². The molecule has 10 heteroatoms. The summed E-state index contributed by atoms with van der Waals surface area (Å²) in [6, 6.07) is 9.60. The van der Waals surface area contributed by atoms with E-state index in [9.17, 15) is 19.2 Å². The SMILES string of the molecule is Cc1c(Br)ccc(NC(=O)COC(=O)c2ccc(N3C(=O)[C@@H]4[C@H]5C[C@@H]([C@@H](Cl)[C@H]5Cl)[C@H]4C3=O)cc2)c1C. The van der Waals surface area contributed by atoms with Crippen LogP contribution in [0.3, 0.4) is 0 Å². The van der Waals surface area contributed by atoms with Gasteiger partial charge in [-0.3, -0.25) is 19.3 Å². The predicted octanol–water partition coefficient (Wildman–Crippen LogP) is 4.83. The molecule has 3 amide bonds. The Bertz CT molecular complexity index is 1250. The molecular weight excluding hydrogens is 571 g/mol. The maximum Gasteiger partial charge on any atom is 0.338 e. The number of fused-ring (bicyclic) bond motifs is 5.